The number of hydrogen-bond acceptors (Lipinski definition) is 5. The van der Waals surface area contributed by atoms with Gasteiger partial charge in [-0.1, -0.05) is 0 Å². The number of rotatable bonds is 5. The normalized spacial score (nSPS) is 19.9. The number of nitrogens with zero attached hydrogens (tertiary/aromatic N) is 1. The molecule has 0 aromatic carbocycles. The number of hydrazine groups is 1. The van der Waals surface area contributed by atoms with Crippen LogP contribution in [0.3, 0.4) is 0 Å². The predicted octanol–water partition coefficient (Wildman–Crippen LogP) is -0.273. The van der Waals surface area contributed by atoms with Crippen LogP contribution in [0.2, 0.25) is 6.55 Å². The van der Waals surface area contributed by atoms with Crippen LogP contribution in [0.15, 0.2) is 0 Å². The summed E-state index contributed by atoms with van der Waals surface area (Å²) in [6, 6.07) is 0. The zero-order valence-corrected chi connectivity index (χ0v) is 10.2. The zero-order valence-electron chi connectivity index (χ0n) is 9.21. The molecular formula is C8H20N2O3Si. The van der Waals surface area contributed by atoms with Crippen molar-refractivity contribution >= 4 is 8.56 Å². The number of hydrogen-bond donors (Lipinski definition) is 1. The summed E-state index contributed by atoms with van der Waals surface area (Å²) in [7, 11) is 1.44. The van der Waals surface area contributed by atoms with Crippen LogP contribution < -0.4 is 5.43 Å². The Balaban J connectivity index is 2.23. The lowest BCUT2D eigenvalue weighted by Crippen LogP contribution is -2.55. The Bertz CT molecular complexity index is 161. The van der Waals surface area contributed by atoms with Crippen LogP contribution in [0, 0.1) is 0 Å². The second kappa shape index (κ2) is 5.79. The third-order valence-electron chi connectivity index (χ3n) is 2.50. The van der Waals surface area contributed by atoms with E-state index in [9.17, 15) is 0 Å². The average Bonchev–Trinajstić information content (AvgIpc) is 2.27. The standard InChI is InChI=1S/C8H20N2O3Si/c1-11-14(3,12-2)8-9-10-4-6-13-7-5-10/h9H,4-8H2,1-3H3. The van der Waals surface area contributed by atoms with Crippen molar-refractivity contribution in [3.8, 4) is 0 Å². The highest BCUT2D eigenvalue weighted by atomic mass is 28.4. The molecule has 0 bridgehead atoms. The molecule has 0 unspecified atom stereocenters. The van der Waals surface area contributed by atoms with Gasteiger partial charge in [0.1, 0.15) is 0 Å². The van der Waals surface area contributed by atoms with Gasteiger partial charge >= 0.3 is 8.56 Å². The Kier molecular flexibility index (Phi) is 5.00. The Hall–Kier alpha value is 0.0169. The third kappa shape index (κ3) is 3.64. The van der Waals surface area contributed by atoms with E-state index in [2.05, 4.69) is 10.4 Å². The van der Waals surface area contributed by atoms with Crippen molar-refractivity contribution in [2.24, 2.45) is 0 Å². The minimum atomic E-state index is -1.97. The van der Waals surface area contributed by atoms with Gasteiger partial charge in [0.25, 0.3) is 0 Å². The maximum atomic E-state index is 5.37. The minimum Gasteiger partial charge on any atom is -0.397 e. The van der Waals surface area contributed by atoms with Gasteiger partial charge in [-0.3, -0.25) is 5.43 Å². The second-order valence-electron chi connectivity index (χ2n) is 3.48. The van der Waals surface area contributed by atoms with Gasteiger partial charge in [-0.05, 0) is 6.55 Å². The topological polar surface area (TPSA) is 43.0 Å². The van der Waals surface area contributed by atoms with Crippen molar-refractivity contribution < 1.29 is 13.6 Å². The molecule has 0 radical (unpaired) electrons. The Morgan fingerprint density at radius 3 is 2.36 bits per heavy atom. The molecule has 0 atom stereocenters. The quantitative estimate of drug-likeness (QED) is 0.646. The Morgan fingerprint density at radius 2 is 1.86 bits per heavy atom. The molecular weight excluding hydrogens is 200 g/mol. The molecule has 0 aromatic heterocycles. The van der Waals surface area contributed by atoms with E-state index in [-0.39, 0.29) is 0 Å². The fourth-order valence-electron chi connectivity index (χ4n) is 1.20. The third-order valence-corrected chi connectivity index (χ3v) is 5.03. The molecule has 1 rings (SSSR count). The summed E-state index contributed by atoms with van der Waals surface area (Å²) in [4.78, 5) is 0. The smallest absolute Gasteiger partial charge is 0.350 e. The fraction of sp³-hybridized carbons (Fsp3) is 1.00. The lowest BCUT2D eigenvalue weighted by molar-refractivity contribution is 0.0132. The van der Waals surface area contributed by atoms with Crippen molar-refractivity contribution in [3.05, 3.63) is 0 Å². The molecule has 5 nitrogen and oxygen atoms in total. The number of morpholine rings is 1. The molecule has 6 heteroatoms. The van der Waals surface area contributed by atoms with Crippen LogP contribution >= 0.6 is 0 Å². The first-order valence-corrected chi connectivity index (χ1v) is 7.39. The highest BCUT2D eigenvalue weighted by Crippen LogP contribution is 2.02. The van der Waals surface area contributed by atoms with E-state index in [1.807, 2.05) is 6.55 Å². The summed E-state index contributed by atoms with van der Waals surface area (Å²) < 4.78 is 16.0. The molecule has 0 aromatic rings. The molecule has 84 valence electrons. The molecule has 0 saturated carbocycles. The van der Waals surface area contributed by atoms with Crippen molar-refractivity contribution in [1.82, 2.24) is 10.4 Å². The summed E-state index contributed by atoms with van der Waals surface area (Å²) in [6.45, 7) is 5.49. The summed E-state index contributed by atoms with van der Waals surface area (Å²) in [5.41, 5.74) is 3.33. The van der Waals surface area contributed by atoms with E-state index < -0.39 is 8.56 Å². The average molecular weight is 220 g/mol. The molecule has 1 aliphatic heterocycles. The Labute approximate surface area is 86.5 Å². The molecule has 1 fully saturated rings. The van der Waals surface area contributed by atoms with Gasteiger partial charge in [-0.15, -0.1) is 0 Å². The molecule has 0 spiro atoms. The lowest BCUT2D eigenvalue weighted by Gasteiger charge is -2.31. The van der Waals surface area contributed by atoms with Crippen LogP contribution in [0.25, 0.3) is 0 Å². The Morgan fingerprint density at radius 1 is 1.29 bits per heavy atom. The van der Waals surface area contributed by atoms with Gasteiger partial charge in [0.05, 0.1) is 19.4 Å². The molecule has 0 aliphatic carbocycles. The van der Waals surface area contributed by atoms with Crippen LogP contribution in [-0.4, -0.2) is 60.3 Å². The first-order valence-electron chi connectivity index (χ1n) is 4.87. The van der Waals surface area contributed by atoms with Crippen LogP contribution in [0.1, 0.15) is 0 Å². The van der Waals surface area contributed by atoms with E-state index in [1.54, 1.807) is 14.2 Å². The second-order valence-corrected chi connectivity index (χ2v) is 6.91. The van der Waals surface area contributed by atoms with Gasteiger partial charge in [0.15, 0.2) is 0 Å². The van der Waals surface area contributed by atoms with Crippen molar-refractivity contribution in [2.45, 2.75) is 6.55 Å². The number of nitrogens with one attached hydrogen (secondary N) is 1. The SMILES string of the molecule is CO[Si](C)(CNN1CCOCC1)OC. The minimum absolute atomic E-state index is 0.778. The van der Waals surface area contributed by atoms with Crippen LogP contribution in [-0.2, 0) is 13.6 Å². The van der Waals surface area contributed by atoms with E-state index in [0.29, 0.717) is 0 Å². The highest BCUT2D eigenvalue weighted by Gasteiger charge is 2.29. The van der Waals surface area contributed by atoms with E-state index in [1.165, 1.54) is 0 Å². The van der Waals surface area contributed by atoms with Crippen LogP contribution in [0.5, 0.6) is 0 Å². The first kappa shape index (κ1) is 12.1. The van der Waals surface area contributed by atoms with Crippen LogP contribution in [0.4, 0.5) is 0 Å². The van der Waals surface area contributed by atoms with E-state index in [4.69, 9.17) is 13.6 Å². The largest absolute Gasteiger partial charge is 0.397 e. The maximum absolute atomic E-state index is 5.37. The van der Waals surface area contributed by atoms with Crippen molar-refractivity contribution in [3.63, 3.8) is 0 Å². The van der Waals surface area contributed by atoms with Gasteiger partial charge in [-0.25, -0.2) is 5.01 Å². The molecule has 1 N–H and O–H groups in total. The van der Waals surface area contributed by atoms with Gasteiger partial charge in [0.2, 0.25) is 0 Å². The summed E-state index contributed by atoms with van der Waals surface area (Å²) in [6.07, 6.45) is 0.778. The summed E-state index contributed by atoms with van der Waals surface area (Å²) >= 11 is 0. The maximum Gasteiger partial charge on any atom is 0.350 e. The molecule has 1 saturated heterocycles. The molecule has 0 amide bonds. The summed E-state index contributed by atoms with van der Waals surface area (Å²) in [5.74, 6) is 0. The molecule has 1 heterocycles. The fourth-order valence-corrected chi connectivity index (χ4v) is 2.17. The van der Waals surface area contributed by atoms with Crippen molar-refractivity contribution in [2.75, 3.05) is 46.7 Å². The zero-order chi connectivity index (χ0) is 10.4. The highest BCUT2D eigenvalue weighted by molar-refractivity contribution is 6.66. The van der Waals surface area contributed by atoms with Gasteiger partial charge in [0, 0.05) is 27.3 Å². The lowest BCUT2D eigenvalue weighted by atomic mass is 10.5. The number of ether oxygens (including phenoxy) is 1. The summed E-state index contributed by atoms with van der Waals surface area (Å²) in [5, 5.41) is 2.16. The molecule has 14 heavy (non-hydrogen) atoms. The van der Waals surface area contributed by atoms with Crippen molar-refractivity contribution in [1.29, 1.82) is 0 Å². The molecule has 1 aliphatic rings. The first-order chi connectivity index (χ1) is 6.70. The van der Waals surface area contributed by atoms with Gasteiger partial charge in [-0.2, -0.15) is 0 Å². The van der Waals surface area contributed by atoms with E-state index in [0.717, 1.165) is 32.5 Å². The predicted molar refractivity (Wildman–Crippen MR) is 56.0 cm³/mol. The monoisotopic (exact) mass is 220 g/mol. The van der Waals surface area contributed by atoms with E-state index >= 15 is 0 Å². The van der Waals surface area contributed by atoms with Gasteiger partial charge < -0.3 is 13.6 Å².